The Labute approximate surface area is 185 Å². The van der Waals surface area contributed by atoms with Crippen molar-refractivity contribution in [1.82, 2.24) is 0 Å². The monoisotopic (exact) mass is 446 g/mol. The third-order valence-electron chi connectivity index (χ3n) is 4.07. The largest absolute Gasteiger partial charge is 0.493 e. The smallest absolute Gasteiger partial charge is 0.344 e. The number of methoxy groups -OCH3 is 1. The fourth-order valence-corrected chi connectivity index (χ4v) is 2.96. The van der Waals surface area contributed by atoms with Crippen molar-refractivity contribution in [3.8, 4) is 17.6 Å². The highest BCUT2D eigenvalue weighted by Crippen LogP contribution is 2.39. The van der Waals surface area contributed by atoms with E-state index in [1.165, 1.54) is 19.2 Å². The summed E-state index contributed by atoms with van der Waals surface area (Å²) < 4.78 is 21.1. The van der Waals surface area contributed by atoms with Gasteiger partial charge in [-0.2, -0.15) is 5.26 Å². The van der Waals surface area contributed by atoms with Crippen molar-refractivity contribution in [3.63, 3.8) is 0 Å². The molecule has 0 aliphatic rings. The molecular formula is C22H23ClN2O6. The molecule has 0 aromatic heterocycles. The molecule has 1 atom stereocenters. The Bertz CT molecular complexity index is 956. The van der Waals surface area contributed by atoms with Crippen molar-refractivity contribution >= 4 is 29.2 Å². The quantitative estimate of drug-likeness (QED) is 0.548. The Morgan fingerprint density at radius 3 is 2.39 bits per heavy atom. The van der Waals surface area contributed by atoms with Crippen LogP contribution in [-0.4, -0.2) is 38.9 Å². The van der Waals surface area contributed by atoms with Crippen molar-refractivity contribution in [2.24, 2.45) is 0 Å². The van der Waals surface area contributed by atoms with Crippen LogP contribution < -0.4 is 14.8 Å². The summed E-state index contributed by atoms with van der Waals surface area (Å²) in [5.41, 5.74) is 1.35. The Morgan fingerprint density at radius 1 is 1.13 bits per heavy atom. The van der Waals surface area contributed by atoms with Crippen LogP contribution in [-0.2, 0) is 19.1 Å². The number of carbonyl (C=O) groups is 2. The zero-order chi connectivity index (χ0) is 22.8. The van der Waals surface area contributed by atoms with Gasteiger partial charge in [0.2, 0.25) is 0 Å². The van der Waals surface area contributed by atoms with Gasteiger partial charge in [0.15, 0.2) is 24.1 Å². The molecular weight excluding hydrogens is 424 g/mol. The van der Waals surface area contributed by atoms with Gasteiger partial charge in [-0.05, 0) is 44.2 Å². The van der Waals surface area contributed by atoms with Gasteiger partial charge < -0.3 is 24.3 Å². The maximum atomic E-state index is 12.8. The Balaban J connectivity index is 2.49. The zero-order valence-electron chi connectivity index (χ0n) is 17.4. The Morgan fingerprint density at radius 2 is 1.81 bits per heavy atom. The third-order valence-corrected chi connectivity index (χ3v) is 4.28. The number of nitrogens with one attached hydrogen (secondary N) is 1. The molecule has 31 heavy (non-hydrogen) atoms. The van der Waals surface area contributed by atoms with Crippen LogP contribution in [0.2, 0.25) is 5.02 Å². The molecule has 164 valence electrons. The van der Waals surface area contributed by atoms with E-state index in [0.29, 0.717) is 21.8 Å². The number of ether oxygens (including phenoxy) is 4. The van der Waals surface area contributed by atoms with Crippen LogP contribution in [0.4, 0.5) is 5.69 Å². The van der Waals surface area contributed by atoms with E-state index in [2.05, 4.69) is 5.32 Å². The van der Waals surface area contributed by atoms with Crippen LogP contribution >= 0.6 is 11.6 Å². The van der Waals surface area contributed by atoms with Crippen LogP contribution in [0.5, 0.6) is 11.5 Å². The molecule has 2 aromatic rings. The second-order valence-electron chi connectivity index (χ2n) is 6.14. The number of carbonyl (C=O) groups excluding carboxylic acids is 2. The molecule has 0 heterocycles. The minimum atomic E-state index is -1.03. The lowest BCUT2D eigenvalue weighted by atomic mass is 10.0. The van der Waals surface area contributed by atoms with E-state index in [9.17, 15) is 9.59 Å². The Hall–Kier alpha value is -3.44. The van der Waals surface area contributed by atoms with E-state index < -0.39 is 18.0 Å². The molecule has 0 fully saturated rings. The van der Waals surface area contributed by atoms with E-state index in [1.807, 2.05) is 6.07 Å². The summed E-state index contributed by atoms with van der Waals surface area (Å²) >= 11 is 6.24. The molecule has 0 radical (unpaired) electrons. The van der Waals surface area contributed by atoms with E-state index >= 15 is 0 Å². The summed E-state index contributed by atoms with van der Waals surface area (Å²) in [6.45, 7) is 3.35. The third kappa shape index (κ3) is 6.52. The number of halogens is 1. The van der Waals surface area contributed by atoms with Crippen molar-refractivity contribution < 1.29 is 28.5 Å². The van der Waals surface area contributed by atoms with Gasteiger partial charge in [-0.15, -0.1) is 0 Å². The lowest BCUT2D eigenvalue weighted by Gasteiger charge is -2.23. The molecule has 2 rings (SSSR count). The van der Waals surface area contributed by atoms with Gasteiger partial charge in [-0.25, -0.2) is 9.59 Å². The van der Waals surface area contributed by atoms with Crippen molar-refractivity contribution in [1.29, 1.82) is 5.26 Å². The topological polar surface area (TPSA) is 107 Å². The summed E-state index contributed by atoms with van der Waals surface area (Å²) in [5.74, 6) is -0.766. The van der Waals surface area contributed by atoms with Gasteiger partial charge in [-0.3, -0.25) is 0 Å². The summed E-state index contributed by atoms with van der Waals surface area (Å²) in [6, 6.07) is 10.6. The fraction of sp³-hybridized carbons (Fsp3) is 0.318. The maximum absolute atomic E-state index is 12.8. The van der Waals surface area contributed by atoms with Gasteiger partial charge in [0.05, 0.1) is 32.0 Å². The predicted molar refractivity (Wildman–Crippen MR) is 114 cm³/mol. The zero-order valence-corrected chi connectivity index (χ0v) is 18.2. The van der Waals surface area contributed by atoms with Crippen LogP contribution in [0, 0.1) is 11.3 Å². The van der Waals surface area contributed by atoms with Gasteiger partial charge >= 0.3 is 11.9 Å². The van der Waals surface area contributed by atoms with Crippen LogP contribution in [0.25, 0.3) is 0 Å². The van der Waals surface area contributed by atoms with Crippen molar-refractivity contribution in [3.05, 3.63) is 52.5 Å². The summed E-state index contributed by atoms with van der Waals surface area (Å²) in [4.78, 5) is 24.6. The summed E-state index contributed by atoms with van der Waals surface area (Å²) in [6.07, 6.45) is 0. The minimum Gasteiger partial charge on any atom is -0.493 e. The SMILES string of the molecule is CCOC(=O)COc1c(OC)cc(Cl)cc1C(Nc1ccc(C#N)cc1)C(=O)OCC. The molecule has 9 heteroatoms. The second kappa shape index (κ2) is 11.7. The number of esters is 2. The molecule has 0 saturated heterocycles. The molecule has 2 aromatic carbocycles. The molecule has 1 N–H and O–H groups in total. The highest BCUT2D eigenvalue weighted by atomic mass is 35.5. The number of nitriles is 1. The molecule has 0 bridgehead atoms. The summed E-state index contributed by atoms with van der Waals surface area (Å²) in [7, 11) is 1.42. The number of anilines is 1. The van der Waals surface area contributed by atoms with Gasteiger partial charge in [0.1, 0.15) is 0 Å². The highest BCUT2D eigenvalue weighted by molar-refractivity contribution is 6.31. The standard InChI is InChI=1S/C22H23ClN2O6/c1-4-29-19(26)13-31-21-17(10-15(23)11-18(21)28-3)20(22(27)30-5-2)25-16-8-6-14(12-24)7-9-16/h6-11,20,25H,4-5,13H2,1-3H3. The van der Waals surface area contributed by atoms with Crippen molar-refractivity contribution in [2.75, 3.05) is 32.2 Å². The molecule has 0 saturated carbocycles. The molecule has 0 aliphatic heterocycles. The van der Waals surface area contributed by atoms with E-state index in [0.717, 1.165) is 0 Å². The number of benzene rings is 2. The molecule has 8 nitrogen and oxygen atoms in total. The Kier molecular flexibility index (Phi) is 8.97. The lowest BCUT2D eigenvalue weighted by Crippen LogP contribution is -2.25. The van der Waals surface area contributed by atoms with E-state index in [1.54, 1.807) is 38.1 Å². The van der Waals surface area contributed by atoms with Gasteiger partial charge in [-0.1, -0.05) is 11.6 Å². The maximum Gasteiger partial charge on any atom is 0.344 e. The first-order chi connectivity index (χ1) is 14.9. The molecule has 0 spiro atoms. The average molecular weight is 447 g/mol. The normalized spacial score (nSPS) is 11.1. The van der Waals surface area contributed by atoms with Crippen LogP contribution in [0.3, 0.4) is 0 Å². The first-order valence-corrected chi connectivity index (χ1v) is 9.90. The first-order valence-electron chi connectivity index (χ1n) is 9.52. The van der Waals surface area contributed by atoms with Crippen LogP contribution in [0.15, 0.2) is 36.4 Å². The van der Waals surface area contributed by atoms with Crippen LogP contribution in [0.1, 0.15) is 31.0 Å². The van der Waals surface area contributed by atoms with E-state index in [4.69, 9.17) is 35.8 Å². The highest BCUT2D eigenvalue weighted by Gasteiger charge is 2.29. The van der Waals surface area contributed by atoms with Gasteiger partial charge in [0.25, 0.3) is 0 Å². The molecule has 0 aliphatic carbocycles. The predicted octanol–water partition coefficient (Wildman–Crippen LogP) is 3.88. The lowest BCUT2D eigenvalue weighted by molar-refractivity contribution is -0.145. The van der Waals surface area contributed by atoms with E-state index in [-0.39, 0.29) is 31.3 Å². The molecule has 1 unspecified atom stereocenters. The average Bonchev–Trinajstić information content (AvgIpc) is 2.76. The number of hydrogen-bond acceptors (Lipinski definition) is 8. The summed E-state index contributed by atoms with van der Waals surface area (Å²) in [5, 5.41) is 12.4. The minimum absolute atomic E-state index is 0.152. The molecule has 0 amide bonds. The first kappa shape index (κ1) is 23.8. The number of nitrogens with zero attached hydrogens (tertiary/aromatic N) is 1. The fourth-order valence-electron chi connectivity index (χ4n) is 2.74. The number of hydrogen-bond donors (Lipinski definition) is 1. The number of rotatable bonds is 10. The van der Waals surface area contributed by atoms with Crippen molar-refractivity contribution in [2.45, 2.75) is 19.9 Å². The van der Waals surface area contributed by atoms with Gasteiger partial charge in [0, 0.05) is 22.3 Å². The second-order valence-corrected chi connectivity index (χ2v) is 6.58.